The molecule has 0 bridgehead atoms. The van der Waals surface area contributed by atoms with Crippen LogP contribution in [0.25, 0.3) is 0 Å². The topological polar surface area (TPSA) is 53.6 Å². The van der Waals surface area contributed by atoms with Crippen LogP contribution in [0.2, 0.25) is 0 Å². The first-order valence-electron chi connectivity index (χ1n) is 9.46. The average Bonchev–Trinajstić information content (AvgIpc) is 3.02. The van der Waals surface area contributed by atoms with Crippen molar-refractivity contribution < 1.29 is 9.53 Å². The summed E-state index contributed by atoms with van der Waals surface area (Å²) in [5.74, 6) is 0. The first kappa shape index (κ1) is 18.2. The van der Waals surface area contributed by atoms with E-state index >= 15 is 0 Å². The first-order chi connectivity index (χ1) is 12.0. The number of carbonyl (C=O) groups excluding carboxylic acids is 1. The second-order valence-electron chi connectivity index (χ2n) is 8.01. The number of nitrogens with one attached hydrogen (secondary N) is 2. The van der Waals surface area contributed by atoms with Gasteiger partial charge in [-0.1, -0.05) is 30.3 Å². The minimum atomic E-state index is -0.396. The van der Waals surface area contributed by atoms with Gasteiger partial charge in [-0.25, -0.2) is 4.79 Å². The van der Waals surface area contributed by atoms with Gasteiger partial charge in [0.25, 0.3) is 0 Å². The van der Waals surface area contributed by atoms with Gasteiger partial charge in [-0.15, -0.1) is 0 Å². The van der Waals surface area contributed by atoms with Crippen LogP contribution in [0.5, 0.6) is 0 Å². The lowest BCUT2D eigenvalue weighted by Gasteiger charge is -2.36. The molecule has 0 aliphatic carbocycles. The molecular weight excluding hydrogens is 314 g/mol. The van der Waals surface area contributed by atoms with Crippen LogP contribution in [-0.4, -0.2) is 48.3 Å². The Balaban J connectivity index is 1.38. The van der Waals surface area contributed by atoms with Crippen molar-refractivity contribution in [2.75, 3.05) is 19.7 Å². The van der Waals surface area contributed by atoms with E-state index in [1.807, 2.05) is 44.2 Å². The smallest absolute Gasteiger partial charge is 0.315 e. The van der Waals surface area contributed by atoms with Crippen LogP contribution in [0.15, 0.2) is 30.3 Å². The Morgan fingerprint density at radius 1 is 1.24 bits per heavy atom. The van der Waals surface area contributed by atoms with E-state index in [9.17, 15) is 4.79 Å². The fraction of sp³-hybridized carbons (Fsp3) is 0.650. The van der Waals surface area contributed by atoms with Gasteiger partial charge in [-0.2, -0.15) is 0 Å². The summed E-state index contributed by atoms with van der Waals surface area (Å²) < 4.78 is 5.78. The molecule has 5 heteroatoms. The fourth-order valence-electron chi connectivity index (χ4n) is 3.92. The van der Waals surface area contributed by atoms with Crippen LogP contribution in [0.3, 0.4) is 0 Å². The third kappa shape index (κ3) is 5.44. The third-order valence-electron chi connectivity index (χ3n) is 5.18. The van der Waals surface area contributed by atoms with E-state index in [0.29, 0.717) is 25.3 Å². The monoisotopic (exact) mass is 345 g/mol. The van der Waals surface area contributed by atoms with E-state index in [1.165, 1.54) is 19.4 Å². The Bertz CT molecular complexity index is 561. The maximum Gasteiger partial charge on any atom is 0.315 e. The number of carbonyl (C=O) groups is 1. The number of fused-ring (bicyclic) bond motifs is 1. The lowest BCUT2D eigenvalue weighted by molar-refractivity contribution is 0.0737. The van der Waals surface area contributed by atoms with Crippen LogP contribution in [0.4, 0.5) is 4.79 Å². The van der Waals surface area contributed by atoms with Crippen molar-refractivity contribution in [3.63, 3.8) is 0 Å². The Hall–Kier alpha value is -1.59. The molecule has 3 rings (SSSR count). The average molecular weight is 345 g/mol. The lowest BCUT2D eigenvalue weighted by Crippen LogP contribution is -2.55. The quantitative estimate of drug-likeness (QED) is 0.833. The van der Waals surface area contributed by atoms with Gasteiger partial charge in [0.2, 0.25) is 0 Å². The van der Waals surface area contributed by atoms with Gasteiger partial charge >= 0.3 is 6.03 Å². The molecule has 2 fully saturated rings. The minimum Gasteiger partial charge on any atom is -0.374 e. The Kier molecular flexibility index (Phi) is 5.97. The highest BCUT2D eigenvalue weighted by Crippen LogP contribution is 2.26. The highest BCUT2D eigenvalue weighted by molar-refractivity contribution is 5.75. The molecule has 5 nitrogen and oxygen atoms in total. The maximum atomic E-state index is 12.4. The molecule has 2 aliphatic heterocycles. The van der Waals surface area contributed by atoms with E-state index in [0.717, 1.165) is 24.9 Å². The Morgan fingerprint density at radius 2 is 2.04 bits per heavy atom. The second kappa shape index (κ2) is 8.19. The molecule has 0 spiro atoms. The molecule has 0 saturated carbocycles. The van der Waals surface area contributed by atoms with E-state index < -0.39 is 5.54 Å². The van der Waals surface area contributed by atoms with Gasteiger partial charge < -0.3 is 20.3 Å². The largest absolute Gasteiger partial charge is 0.374 e. The zero-order chi connectivity index (χ0) is 17.7. The molecule has 25 heavy (non-hydrogen) atoms. The number of rotatable bonds is 6. The first-order valence-corrected chi connectivity index (χ1v) is 9.46. The number of hydrogen-bond donors (Lipinski definition) is 2. The molecule has 138 valence electrons. The molecule has 2 saturated heterocycles. The van der Waals surface area contributed by atoms with Crippen molar-refractivity contribution in [2.45, 2.75) is 63.8 Å². The number of piperidine rings is 1. The molecule has 0 unspecified atom stereocenters. The van der Waals surface area contributed by atoms with Crippen molar-refractivity contribution in [1.82, 2.24) is 15.5 Å². The van der Waals surface area contributed by atoms with Crippen LogP contribution in [-0.2, 0) is 11.3 Å². The van der Waals surface area contributed by atoms with Crippen LogP contribution < -0.4 is 10.6 Å². The maximum absolute atomic E-state index is 12.4. The summed E-state index contributed by atoms with van der Waals surface area (Å²) in [4.78, 5) is 14.9. The molecule has 2 N–H and O–H groups in total. The third-order valence-corrected chi connectivity index (χ3v) is 5.18. The summed E-state index contributed by atoms with van der Waals surface area (Å²) in [6.07, 6.45) is 4.71. The predicted octanol–water partition coefficient (Wildman–Crippen LogP) is 2.91. The SMILES string of the molecule is CC(C)(COCc1ccccc1)NC(=O)N[C@H]1CCN2CCC[C@@H]2C1. The molecule has 0 aromatic heterocycles. The Labute approximate surface area is 151 Å². The summed E-state index contributed by atoms with van der Waals surface area (Å²) in [6, 6.07) is 11.0. The van der Waals surface area contributed by atoms with Crippen molar-refractivity contribution in [3.05, 3.63) is 35.9 Å². The number of nitrogens with zero attached hydrogens (tertiary/aromatic N) is 1. The number of urea groups is 1. The summed E-state index contributed by atoms with van der Waals surface area (Å²) in [7, 11) is 0. The second-order valence-corrected chi connectivity index (χ2v) is 8.01. The van der Waals surface area contributed by atoms with E-state index in [1.54, 1.807) is 0 Å². The highest BCUT2D eigenvalue weighted by Gasteiger charge is 2.32. The van der Waals surface area contributed by atoms with Gasteiger partial charge in [0.05, 0.1) is 18.8 Å². The summed E-state index contributed by atoms with van der Waals surface area (Å²) in [5.41, 5.74) is 0.749. The van der Waals surface area contributed by atoms with E-state index in [2.05, 4.69) is 15.5 Å². The van der Waals surface area contributed by atoms with Crippen molar-refractivity contribution in [3.8, 4) is 0 Å². The van der Waals surface area contributed by atoms with Crippen molar-refractivity contribution >= 4 is 6.03 Å². The van der Waals surface area contributed by atoms with Gasteiger partial charge in [0, 0.05) is 18.6 Å². The molecule has 2 heterocycles. The highest BCUT2D eigenvalue weighted by atomic mass is 16.5. The van der Waals surface area contributed by atoms with Crippen molar-refractivity contribution in [1.29, 1.82) is 0 Å². The van der Waals surface area contributed by atoms with Gasteiger partial charge in [-0.3, -0.25) is 0 Å². The molecule has 2 atom stereocenters. The van der Waals surface area contributed by atoms with E-state index in [4.69, 9.17) is 4.74 Å². The van der Waals surface area contributed by atoms with Crippen molar-refractivity contribution in [2.24, 2.45) is 0 Å². The fourth-order valence-corrected chi connectivity index (χ4v) is 3.92. The zero-order valence-electron chi connectivity index (χ0n) is 15.5. The standard InChI is InChI=1S/C20H31N3O2/c1-20(2,15-25-14-16-7-4-3-5-8-16)22-19(24)21-17-10-12-23-11-6-9-18(23)13-17/h3-5,7-8,17-18H,6,9-15H2,1-2H3,(H2,21,22,24)/t17-,18+/m0/s1. The van der Waals surface area contributed by atoms with Gasteiger partial charge in [0.1, 0.15) is 0 Å². The number of hydrogen-bond acceptors (Lipinski definition) is 3. The molecule has 1 aromatic rings. The zero-order valence-corrected chi connectivity index (χ0v) is 15.5. The van der Waals surface area contributed by atoms with Gasteiger partial charge in [0.15, 0.2) is 0 Å². The van der Waals surface area contributed by atoms with Gasteiger partial charge in [-0.05, 0) is 51.6 Å². The minimum absolute atomic E-state index is 0.0789. The molecule has 0 radical (unpaired) electrons. The lowest BCUT2D eigenvalue weighted by atomic mass is 9.98. The molecule has 2 amide bonds. The predicted molar refractivity (Wildman–Crippen MR) is 99.5 cm³/mol. The van der Waals surface area contributed by atoms with E-state index in [-0.39, 0.29) is 6.03 Å². The summed E-state index contributed by atoms with van der Waals surface area (Å²) >= 11 is 0. The molecule has 2 aliphatic rings. The van der Waals surface area contributed by atoms with Crippen LogP contribution in [0, 0.1) is 0 Å². The van der Waals surface area contributed by atoms with Crippen LogP contribution >= 0.6 is 0 Å². The normalized spacial score (nSPS) is 23.9. The summed E-state index contributed by atoms with van der Waals surface area (Å²) in [6.45, 7) is 7.38. The number of benzene rings is 1. The summed E-state index contributed by atoms with van der Waals surface area (Å²) in [5, 5.41) is 6.22. The Morgan fingerprint density at radius 3 is 2.84 bits per heavy atom. The number of amides is 2. The molecule has 1 aromatic carbocycles. The number of ether oxygens (including phenoxy) is 1. The van der Waals surface area contributed by atoms with Crippen LogP contribution in [0.1, 0.15) is 45.1 Å². The molecular formula is C20H31N3O2.